The number of sulfone groups is 1. The number of carbonyl (C=O) groups is 1. The molecule has 1 amide bonds. The molecule has 30 heavy (non-hydrogen) atoms. The van der Waals surface area contributed by atoms with E-state index in [0.717, 1.165) is 6.07 Å². The van der Waals surface area contributed by atoms with Crippen LogP contribution in [0.5, 0.6) is 5.88 Å². The molecule has 1 aliphatic heterocycles. The van der Waals surface area contributed by atoms with Gasteiger partial charge in [0.1, 0.15) is 22.1 Å². The Kier molecular flexibility index (Phi) is 4.53. The van der Waals surface area contributed by atoms with Crippen molar-refractivity contribution >= 4 is 27.3 Å². The van der Waals surface area contributed by atoms with Crippen LogP contribution in [0.2, 0.25) is 0 Å². The first-order valence-corrected chi connectivity index (χ1v) is 10.8. The number of amidine groups is 1. The zero-order chi connectivity index (χ0) is 21.7. The van der Waals surface area contributed by atoms with Crippen molar-refractivity contribution in [3.05, 3.63) is 47.7 Å². The molecule has 0 radical (unpaired) electrons. The molecule has 1 saturated heterocycles. The standard InChI is InChI=1S/C19H20FN5O4S/c1-18(10-30(27,28)19(5-6-19)17(21)25-18)12-7-11(3-4-13(12)20)24-16(26)14-8-23-15(29-2)9-22-14/h3-4,7-9H,5-6,10H2,1-2H3,(H2,21,25)(H,24,26)/t18-/m0/s1. The third-order valence-corrected chi connectivity index (χ3v) is 8.28. The number of halogens is 1. The topological polar surface area (TPSA) is 134 Å². The number of amides is 1. The first kappa shape index (κ1) is 20.2. The fourth-order valence-corrected chi connectivity index (χ4v) is 6.03. The average Bonchev–Trinajstić information content (AvgIpc) is 3.50. The maximum Gasteiger partial charge on any atom is 0.275 e. The first-order chi connectivity index (χ1) is 14.1. The number of carbonyl (C=O) groups excluding carboxylic acids is 1. The van der Waals surface area contributed by atoms with Gasteiger partial charge in [-0.15, -0.1) is 0 Å². The van der Waals surface area contributed by atoms with Crippen LogP contribution < -0.4 is 15.4 Å². The van der Waals surface area contributed by atoms with Crippen molar-refractivity contribution in [1.29, 1.82) is 5.41 Å². The quantitative estimate of drug-likeness (QED) is 0.667. The number of benzene rings is 1. The SMILES string of the molecule is COc1cnc(C(=O)Nc2ccc(F)c([C@]3(C)CS(=O)(=O)C4(CC4)C(=N)N3)c2)cn1. The third-order valence-electron chi connectivity index (χ3n) is 5.52. The van der Waals surface area contributed by atoms with Gasteiger partial charge in [0.2, 0.25) is 5.88 Å². The van der Waals surface area contributed by atoms with Crippen molar-refractivity contribution in [2.45, 2.75) is 30.1 Å². The van der Waals surface area contributed by atoms with Crippen molar-refractivity contribution in [2.75, 3.05) is 18.2 Å². The number of rotatable bonds is 4. The largest absolute Gasteiger partial charge is 0.480 e. The molecular weight excluding hydrogens is 413 g/mol. The van der Waals surface area contributed by atoms with Crippen LogP contribution in [-0.2, 0) is 15.4 Å². The Morgan fingerprint density at radius 3 is 2.60 bits per heavy atom. The van der Waals surface area contributed by atoms with E-state index in [1.165, 1.54) is 38.6 Å². The highest BCUT2D eigenvalue weighted by molar-refractivity contribution is 7.94. The van der Waals surface area contributed by atoms with E-state index in [9.17, 15) is 17.6 Å². The van der Waals surface area contributed by atoms with Gasteiger partial charge in [-0.25, -0.2) is 22.8 Å². The highest BCUT2D eigenvalue weighted by Gasteiger charge is 2.63. The molecule has 0 unspecified atom stereocenters. The Morgan fingerprint density at radius 1 is 1.30 bits per heavy atom. The van der Waals surface area contributed by atoms with Crippen molar-refractivity contribution < 1.29 is 22.3 Å². The summed E-state index contributed by atoms with van der Waals surface area (Å²) in [6.45, 7) is 1.54. The summed E-state index contributed by atoms with van der Waals surface area (Å²) in [7, 11) is -2.20. The van der Waals surface area contributed by atoms with Crippen molar-refractivity contribution in [3.8, 4) is 5.88 Å². The summed E-state index contributed by atoms with van der Waals surface area (Å²) < 4.78 is 44.0. The van der Waals surface area contributed by atoms with Crippen molar-refractivity contribution in [2.24, 2.45) is 0 Å². The van der Waals surface area contributed by atoms with Crippen LogP contribution in [0.1, 0.15) is 35.8 Å². The van der Waals surface area contributed by atoms with Crippen LogP contribution in [0.3, 0.4) is 0 Å². The van der Waals surface area contributed by atoms with Crippen LogP contribution in [0.15, 0.2) is 30.6 Å². The minimum absolute atomic E-state index is 0.0312. The number of nitrogens with one attached hydrogen (secondary N) is 3. The number of hydrogen-bond donors (Lipinski definition) is 3. The number of aromatic nitrogens is 2. The average molecular weight is 433 g/mol. The summed E-state index contributed by atoms with van der Waals surface area (Å²) >= 11 is 0. The molecule has 1 atom stereocenters. The maximum absolute atomic E-state index is 14.7. The fraction of sp³-hybridized carbons (Fsp3) is 0.368. The number of hydrogen-bond acceptors (Lipinski definition) is 7. The van der Waals surface area contributed by atoms with Gasteiger partial charge >= 0.3 is 0 Å². The smallest absolute Gasteiger partial charge is 0.275 e. The fourth-order valence-electron chi connectivity index (χ4n) is 3.68. The Labute approximate surface area is 172 Å². The molecule has 1 aromatic heterocycles. The number of ether oxygens (including phenoxy) is 1. The molecule has 158 valence electrons. The second-order valence-electron chi connectivity index (χ2n) is 7.68. The van der Waals surface area contributed by atoms with Crippen LogP contribution >= 0.6 is 0 Å². The van der Waals surface area contributed by atoms with E-state index in [4.69, 9.17) is 10.1 Å². The molecule has 1 aromatic carbocycles. The van der Waals surface area contributed by atoms with Crippen LogP contribution in [0, 0.1) is 11.2 Å². The zero-order valence-electron chi connectivity index (χ0n) is 16.3. The van der Waals surface area contributed by atoms with Crippen molar-refractivity contribution in [1.82, 2.24) is 15.3 Å². The molecule has 2 aliphatic rings. The predicted molar refractivity (Wildman–Crippen MR) is 107 cm³/mol. The minimum atomic E-state index is -3.63. The third kappa shape index (κ3) is 3.18. The van der Waals surface area contributed by atoms with Gasteiger partial charge in [0.25, 0.3) is 5.91 Å². The van der Waals surface area contributed by atoms with Gasteiger partial charge < -0.3 is 15.4 Å². The minimum Gasteiger partial charge on any atom is -0.480 e. The van der Waals surface area contributed by atoms with Crippen LogP contribution in [0.25, 0.3) is 0 Å². The van der Waals surface area contributed by atoms with Crippen LogP contribution in [-0.4, -0.2) is 47.7 Å². The number of nitrogens with zero attached hydrogens (tertiary/aromatic N) is 2. The predicted octanol–water partition coefficient (Wildman–Crippen LogP) is 1.62. The van der Waals surface area contributed by atoms with E-state index in [0.29, 0.717) is 12.8 Å². The summed E-state index contributed by atoms with van der Waals surface area (Å²) in [5.41, 5.74) is -1.00. The number of anilines is 1. The van der Waals surface area contributed by atoms with Gasteiger partial charge in [0.15, 0.2) is 9.84 Å². The lowest BCUT2D eigenvalue weighted by molar-refractivity contribution is 0.102. The van der Waals surface area contributed by atoms with Gasteiger partial charge in [0.05, 0.1) is 30.8 Å². The monoisotopic (exact) mass is 433 g/mol. The molecular formula is C19H20FN5O4S. The van der Waals surface area contributed by atoms with E-state index in [2.05, 4.69) is 20.6 Å². The lowest BCUT2D eigenvalue weighted by Crippen LogP contribution is -2.61. The second kappa shape index (κ2) is 6.73. The van der Waals surface area contributed by atoms with E-state index in [1.54, 1.807) is 0 Å². The molecule has 2 aromatic rings. The highest BCUT2D eigenvalue weighted by atomic mass is 32.2. The molecule has 2 heterocycles. The molecule has 2 fully saturated rings. The number of methoxy groups -OCH3 is 1. The van der Waals surface area contributed by atoms with E-state index in [-0.39, 0.29) is 34.4 Å². The van der Waals surface area contributed by atoms with Gasteiger partial charge in [0, 0.05) is 11.3 Å². The molecule has 3 N–H and O–H groups in total. The summed E-state index contributed by atoms with van der Waals surface area (Å²) in [6, 6.07) is 3.88. The summed E-state index contributed by atoms with van der Waals surface area (Å²) in [5.74, 6) is -1.41. The molecule has 11 heteroatoms. The van der Waals surface area contributed by atoms with Gasteiger partial charge in [-0.3, -0.25) is 10.2 Å². The van der Waals surface area contributed by atoms with E-state index in [1.807, 2.05) is 0 Å². The lowest BCUT2D eigenvalue weighted by atomic mass is 9.92. The van der Waals surface area contributed by atoms with E-state index >= 15 is 0 Å². The Bertz CT molecular complexity index is 1150. The van der Waals surface area contributed by atoms with Gasteiger partial charge in [-0.1, -0.05) is 0 Å². The lowest BCUT2D eigenvalue weighted by Gasteiger charge is -2.40. The van der Waals surface area contributed by atoms with Gasteiger partial charge in [-0.2, -0.15) is 0 Å². The maximum atomic E-state index is 14.7. The first-order valence-electron chi connectivity index (χ1n) is 9.17. The highest BCUT2D eigenvalue weighted by Crippen LogP contribution is 2.49. The summed E-state index contributed by atoms with van der Waals surface area (Å²) in [4.78, 5) is 20.3. The van der Waals surface area contributed by atoms with Gasteiger partial charge in [-0.05, 0) is 38.0 Å². The summed E-state index contributed by atoms with van der Waals surface area (Å²) in [5, 5.41) is 13.7. The normalized spacial score (nSPS) is 23.5. The Balaban J connectivity index is 1.62. The van der Waals surface area contributed by atoms with Crippen LogP contribution in [0.4, 0.5) is 10.1 Å². The molecule has 1 aliphatic carbocycles. The van der Waals surface area contributed by atoms with E-state index < -0.39 is 31.8 Å². The Morgan fingerprint density at radius 2 is 2.03 bits per heavy atom. The molecule has 0 bridgehead atoms. The van der Waals surface area contributed by atoms with Crippen molar-refractivity contribution in [3.63, 3.8) is 0 Å². The zero-order valence-corrected chi connectivity index (χ0v) is 17.1. The molecule has 9 nitrogen and oxygen atoms in total. The second-order valence-corrected chi connectivity index (χ2v) is 9.98. The Hall–Kier alpha value is -3.08. The molecule has 1 spiro atoms. The molecule has 1 saturated carbocycles. The summed E-state index contributed by atoms with van der Waals surface area (Å²) in [6.07, 6.45) is 3.34. The molecule has 4 rings (SSSR count).